The van der Waals surface area contributed by atoms with Crippen LogP contribution < -0.4 is 11.5 Å². The van der Waals surface area contributed by atoms with Crippen LogP contribution in [0.3, 0.4) is 0 Å². The van der Waals surface area contributed by atoms with Crippen molar-refractivity contribution < 1.29 is 0 Å². The van der Waals surface area contributed by atoms with Gasteiger partial charge in [0.25, 0.3) is 0 Å². The van der Waals surface area contributed by atoms with Crippen LogP contribution in [0, 0.1) is 0 Å². The fourth-order valence-corrected chi connectivity index (χ4v) is 1.17. The van der Waals surface area contributed by atoms with E-state index in [0.29, 0.717) is 6.54 Å². The van der Waals surface area contributed by atoms with E-state index in [4.69, 9.17) is 11.5 Å². The SMILES string of the molecule is Cl.NC[C@H](N)c1ccnc(Br)c1. The van der Waals surface area contributed by atoms with Crippen LogP contribution in [0.4, 0.5) is 0 Å². The Hall–Kier alpha value is -0.160. The van der Waals surface area contributed by atoms with E-state index in [1.807, 2.05) is 12.1 Å². The van der Waals surface area contributed by atoms with Crippen molar-refractivity contribution in [3.63, 3.8) is 0 Å². The summed E-state index contributed by atoms with van der Waals surface area (Å²) >= 11 is 3.25. The summed E-state index contributed by atoms with van der Waals surface area (Å²) in [5.74, 6) is 0. The van der Waals surface area contributed by atoms with E-state index >= 15 is 0 Å². The molecule has 0 bridgehead atoms. The summed E-state index contributed by atoms with van der Waals surface area (Å²) < 4.78 is 0.791. The molecule has 0 aliphatic rings. The third-order valence-electron chi connectivity index (χ3n) is 1.43. The van der Waals surface area contributed by atoms with Gasteiger partial charge in [0, 0.05) is 18.8 Å². The highest BCUT2D eigenvalue weighted by Gasteiger charge is 2.02. The van der Waals surface area contributed by atoms with Crippen molar-refractivity contribution >= 4 is 28.3 Å². The van der Waals surface area contributed by atoms with Gasteiger partial charge in [-0.2, -0.15) is 0 Å². The lowest BCUT2D eigenvalue weighted by molar-refractivity contribution is 0.734. The number of nitrogens with two attached hydrogens (primary N) is 2. The molecule has 1 heterocycles. The molecule has 1 atom stereocenters. The largest absolute Gasteiger partial charge is 0.329 e. The summed E-state index contributed by atoms with van der Waals surface area (Å²) in [5, 5.41) is 0. The van der Waals surface area contributed by atoms with Gasteiger partial charge in [-0.15, -0.1) is 12.4 Å². The Labute approximate surface area is 86.1 Å². The lowest BCUT2D eigenvalue weighted by atomic mass is 10.1. The van der Waals surface area contributed by atoms with Crippen molar-refractivity contribution in [2.45, 2.75) is 6.04 Å². The first-order valence-corrected chi connectivity index (χ1v) is 4.10. The summed E-state index contributed by atoms with van der Waals surface area (Å²) in [7, 11) is 0. The van der Waals surface area contributed by atoms with E-state index < -0.39 is 0 Å². The second kappa shape index (κ2) is 5.48. The Morgan fingerprint density at radius 1 is 1.58 bits per heavy atom. The molecule has 0 radical (unpaired) electrons. The fraction of sp³-hybridized carbons (Fsp3) is 0.286. The minimum absolute atomic E-state index is 0. The number of hydrogen-bond acceptors (Lipinski definition) is 3. The zero-order valence-corrected chi connectivity index (χ0v) is 8.81. The Balaban J connectivity index is 0.00000121. The summed E-state index contributed by atoms with van der Waals surface area (Å²) in [5.41, 5.74) is 12.1. The molecule has 0 aromatic carbocycles. The molecule has 1 rings (SSSR count). The van der Waals surface area contributed by atoms with Gasteiger partial charge in [0.05, 0.1) is 0 Å². The van der Waals surface area contributed by atoms with Crippen LogP contribution in [0.1, 0.15) is 11.6 Å². The summed E-state index contributed by atoms with van der Waals surface area (Å²) in [4.78, 5) is 3.98. The maximum atomic E-state index is 5.69. The van der Waals surface area contributed by atoms with Crippen LogP contribution in [0.15, 0.2) is 22.9 Å². The molecule has 3 nitrogen and oxygen atoms in total. The topological polar surface area (TPSA) is 64.9 Å². The number of aromatic nitrogens is 1. The van der Waals surface area contributed by atoms with Gasteiger partial charge in [-0.05, 0) is 33.6 Å². The lowest BCUT2D eigenvalue weighted by Gasteiger charge is -2.07. The highest BCUT2D eigenvalue weighted by Crippen LogP contribution is 2.12. The van der Waals surface area contributed by atoms with Crippen LogP contribution >= 0.6 is 28.3 Å². The minimum Gasteiger partial charge on any atom is -0.329 e. The lowest BCUT2D eigenvalue weighted by Crippen LogP contribution is -2.20. The maximum Gasteiger partial charge on any atom is 0.106 e. The first-order chi connectivity index (χ1) is 5.24. The molecule has 0 fully saturated rings. The van der Waals surface area contributed by atoms with Gasteiger partial charge in [0.1, 0.15) is 4.60 Å². The Morgan fingerprint density at radius 3 is 2.75 bits per heavy atom. The molecule has 4 N–H and O–H groups in total. The highest BCUT2D eigenvalue weighted by molar-refractivity contribution is 9.10. The molecule has 12 heavy (non-hydrogen) atoms. The third kappa shape index (κ3) is 3.06. The number of rotatable bonds is 2. The average molecular weight is 253 g/mol. The first kappa shape index (κ1) is 11.8. The van der Waals surface area contributed by atoms with Gasteiger partial charge in [0.2, 0.25) is 0 Å². The van der Waals surface area contributed by atoms with Gasteiger partial charge in [-0.3, -0.25) is 0 Å². The smallest absolute Gasteiger partial charge is 0.106 e. The van der Waals surface area contributed by atoms with Crippen molar-refractivity contribution in [2.24, 2.45) is 11.5 Å². The van der Waals surface area contributed by atoms with Gasteiger partial charge < -0.3 is 11.5 Å². The molecule has 5 heteroatoms. The summed E-state index contributed by atoms with van der Waals surface area (Å²) in [6.07, 6.45) is 1.70. The summed E-state index contributed by atoms with van der Waals surface area (Å²) in [6, 6.07) is 3.65. The molecule has 68 valence electrons. The van der Waals surface area contributed by atoms with Gasteiger partial charge in [-0.1, -0.05) is 0 Å². The second-order valence-corrected chi connectivity index (χ2v) is 3.07. The minimum atomic E-state index is -0.0886. The highest BCUT2D eigenvalue weighted by atomic mass is 79.9. The molecule has 0 saturated heterocycles. The van der Waals surface area contributed by atoms with Crippen molar-refractivity contribution in [1.29, 1.82) is 0 Å². The van der Waals surface area contributed by atoms with E-state index in [1.165, 1.54) is 0 Å². The van der Waals surface area contributed by atoms with E-state index in [0.717, 1.165) is 10.2 Å². The van der Waals surface area contributed by atoms with Crippen LogP contribution in [-0.4, -0.2) is 11.5 Å². The number of pyridine rings is 1. The van der Waals surface area contributed by atoms with Gasteiger partial charge in [-0.25, -0.2) is 4.98 Å². The van der Waals surface area contributed by atoms with Crippen LogP contribution in [-0.2, 0) is 0 Å². The first-order valence-electron chi connectivity index (χ1n) is 3.31. The van der Waals surface area contributed by atoms with Gasteiger partial charge in [0.15, 0.2) is 0 Å². The Morgan fingerprint density at radius 2 is 2.25 bits per heavy atom. The number of nitrogens with zero attached hydrogens (tertiary/aromatic N) is 1. The van der Waals surface area contributed by atoms with Gasteiger partial charge >= 0.3 is 0 Å². The van der Waals surface area contributed by atoms with Crippen LogP contribution in [0.2, 0.25) is 0 Å². The second-order valence-electron chi connectivity index (χ2n) is 2.25. The maximum absolute atomic E-state index is 5.69. The van der Waals surface area contributed by atoms with E-state index in [-0.39, 0.29) is 18.4 Å². The predicted molar refractivity (Wildman–Crippen MR) is 55.2 cm³/mol. The molecular weight excluding hydrogens is 241 g/mol. The number of halogens is 2. The molecule has 1 aromatic heterocycles. The Bertz CT molecular complexity index is 244. The van der Waals surface area contributed by atoms with Crippen molar-refractivity contribution in [2.75, 3.05) is 6.54 Å². The number of hydrogen-bond donors (Lipinski definition) is 2. The molecular formula is C7H11BrClN3. The third-order valence-corrected chi connectivity index (χ3v) is 1.87. The molecule has 0 unspecified atom stereocenters. The Kier molecular flexibility index (Phi) is 5.41. The van der Waals surface area contributed by atoms with Crippen molar-refractivity contribution in [3.8, 4) is 0 Å². The van der Waals surface area contributed by atoms with Crippen molar-refractivity contribution in [1.82, 2.24) is 4.98 Å². The molecule has 0 aliphatic heterocycles. The standard InChI is InChI=1S/C7H10BrN3.ClH/c8-7-3-5(1-2-11-7)6(10)4-9;/h1-3,6H,4,9-10H2;1H/t6-;/m0./s1. The monoisotopic (exact) mass is 251 g/mol. The van der Waals surface area contributed by atoms with Crippen molar-refractivity contribution in [3.05, 3.63) is 28.5 Å². The van der Waals surface area contributed by atoms with E-state index in [9.17, 15) is 0 Å². The quantitative estimate of drug-likeness (QED) is 0.778. The van der Waals surface area contributed by atoms with E-state index in [1.54, 1.807) is 6.20 Å². The zero-order valence-electron chi connectivity index (χ0n) is 6.40. The average Bonchev–Trinajstić information content (AvgIpc) is 2.03. The molecule has 0 saturated carbocycles. The summed E-state index contributed by atoms with van der Waals surface area (Å²) in [6.45, 7) is 0.455. The van der Waals surface area contributed by atoms with Crippen LogP contribution in [0.25, 0.3) is 0 Å². The molecule has 0 aliphatic carbocycles. The van der Waals surface area contributed by atoms with E-state index in [2.05, 4.69) is 20.9 Å². The molecule has 0 amide bonds. The normalized spacial score (nSPS) is 11.9. The fourth-order valence-electron chi connectivity index (χ4n) is 0.784. The van der Waals surface area contributed by atoms with Crippen LogP contribution in [0.5, 0.6) is 0 Å². The molecule has 0 spiro atoms. The molecule has 1 aromatic rings. The zero-order chi connectivity index (χ0) is 8.27. The predicted octanol–water partition coefficient (Wildman–Crippen LogP) is 1.22.